The first-order valence-corrected chi connectivity index (χ1v) is 7.28. The zero-order valence-electron chi connectivity index (χ0n) is 12.4. The van der Waals surface area contributed by atoms with Gasteiger partial charge in [-0.2, -0.15) is 0 Å². The van der Waals surface area contributed by atoms with Crippen molar-refractivity contribution < 1.29 is 18.7 Å². The molecule has 0 N–H and O–H groups in total. The minimum Gasteiger partial charge on any atom is -0.469 e. The molecule has 2 heterocycles. The van der Waals surface area contributed by atoms with Gasteiger partial charge in [0.25, 0.3) is 0 Å². The minimum atomic E-state index is -0.188. The third-order valence-electron chi connectivity index (χ3n) is 3.75. The lowest BCUT2D eigenvalue weighted by Gasteiger charge is -2.34. The fourth-order valence-corrected chi connectivity index (χ4v) is 2.42. The average Bonchev–Trinajstić information content (AvgIpc) is 3.04. The number of hydrogen-bond donors (Lipinski definition) is 0. The SMILES string of the molecule is COC(=O)CCN1CCN(C(=O)CCc2ccco2)CC1. The first-order chi connectivity index (χ1) is 10.2. The molecular weight excluding hydrogens is 272 g/mol. The summed E-state index contributed by atoms with van der Waals surface area (Å²) < 4.78 is 9.86. The van der Waals surface area contributed by atoms with Gasteiger partial charge in [-0.15, -0.1) is 0 Å². The average molecular weight is 294 g/mol. The van der Waals surface area contributed by atoms with Crippen LogP contribution in [0.3, 0.4) is 0 Å². The molecule has 0 unspecified atom stereocenters. The van der Waals surface area contributed by atoms with E-state index in [1.165, 1.54) is 7.11 Å². The zero-order valence-corrected chi connectivity index (χ0v) is 12.4. The molecule has 0 aliphatic carbocycles. The van der Waals surface area contributed by atoms with Crippen molar-refractivity contribution in [2.24, 2.45) is 0 Å². The van der Waals surface area contributed by atoms with Crippen molar-refractivity contribution in [2.45, 2.75) is 19.3 Å². The number of esters is 1. The second kappa shape index (κ2) is 7.83. The van der Waals surface area contributed by atoms with Gasteiger partial charge in [0.1, 0.15) is 5.76 Å². The fraction of sp³-hybridized carbons (Fsp3) is 0.600. The predicted octanol–water partition coefficient (Wildman–Crippen LogP) is 0.919. The van der Waals surface area contributed by atoms with E-state index in [1.807, 2.05) is 17.0 Å². The number of carbonyl (C=O) groups excluding carboxylic acids is 2. The third-order valence-corrected chi connectivity index (χ3v) is 3.75. The van der Waals surface area contributed by atoms with Crippen LogP contribution in [0.2, 0.25) is 0 Å². The number of carbonyl (C=O) groups is 2. The molecule has 1 aromatic heterocycles. The van der Waals surface area contributed by atoms with Crippen molar-refractivity contribution in [3.05, 3.63) is 24.2 Å². The van der Waals surface area contributed by atoms with Crippen LogP contribution in [0.4, 0.5) is 0 Å². The Morgan fingerprint density at radius 2 is 2.00 bits per heavy atom. The highest BCUT2D eigenvalue weighted by molar-refractivity contribution is 5.76. The summed E-state index contributed by atoms with van der Waals surface area (Å²) in [4.78, 5) is 27.3. The van der Waals surface area contributed by atoms with Crippen LogP contribution in [0.5, 0.6) is 0 Å². The Hall–Kier alpha value is -1.82. The molecule has 1 aliphatic rings. The molecule has 1 fully saturated rings. The van der Waals surface area contributed by atoms with Crippen molar-refractivity contribution in [3.63, 3.8) is 0 Å². The van der Waals surface area contributed by atoms with Gasteiger partial charge >= 0.3 is 5.97 Å². The van der Waals surface area contributed by atoms with Crippen LogP contribution in [0.1, 0.15) is 18.6 Å². The number of furan rings is 1. The van der Waals surface area contributed by atoms with Crippen LogP contribution in [-0.2, 0) is 20.7 Å². The van der Waals surface area contributed by atoms with Crippen LogP contribution in [0.25, 0.3) is 0 Å². The van der Waals surface area contributed by atoms with Gasteiger partial charge in [0, 0.05) is 45.6 Å². The molecular formula is C15H22N2O4. The highest BCUT2D eigenvalue weighted by Crippen LogP contribution is 2.08. The van der Waals surface area contributed by atoms with Gasteiger partial charge in [0.2, 0.25) is 5.91 Å². The second-order valence-corrected chi connectivity index (χ2v) is 5.13. The van der Waals surface area contributed by atoms with Crippen LogP contribution in [0, 0.1) is 0 Å². The molecule has 6 heteroatoms. The number of amides is 1. The van der Waals surface area contributed by atoms with Gasteiger partial charge in [-0.25, -0.2) is 0 Å². The van der Waals surface area contributed by atoms with E-state index in [-0.39, 0.29) is 11.9 Å². The Labute approximate surface area is 124 Å². The number of methoxy groups -OCH3 is 1. The normalized spacial score (nSPS) is 16.0. The molecule has 0 bridgehead atoms. The van der Waals surface area contributed by atoms with Gasteiger partial charge in [-0.3, -0.25) is 14.5 Å². The number of hydrogen-bond acceptors (Lipinski definition) is 5. The molecule has 1 amide bonds. The largest absolute Gasteiger partial charge is 0.469 e. The molecule has 21 heavy (non-hydrogen) atoms. The Balaban J connectivity index is 1.66. The van der Waals surface area contributed by atoms with E-state index >= 15 is 0 Å². The van der Waals surface area contributed by atoms with Gasteiger partial charge in [-0.1, -0.05) is 0 Å². The maximum absolute atomic E-state index is 12.1. The standard InChI is InChI=1S/C15H22N2O4/c1-20-15(19)6-7-16-8-10-17(11-9-16)14(18)5-4-13-3-2-12-21-13/h2-3,12H,4-11H2,1H3. The van der Waals surface area contributed by atoms with E-state index in [0.29, 0.717) is 25.8 Å². The number of nitrogens with zero attached hydrogens (tertiary/aromatic N) is 2. The highest BCUT2D eigenvalue weighted by atomic mass is 16.5. The van der Waals surface area contributed by atoms with E-state index in [0.717, 1.165) is 31.9 Å². The maximum Gasteiger partial charge on any atom is 0.306 e. The minimum absolute atomic E-state index is 0.166. The molecule has 0 radical (unpaired) electrons. The van der Waals surface area contributed by atoms with E-state index in [4.69, 9.17) is 4.42 Å². The maximum atomic E-state index is 12.1. The lowest BCUT2D eigenvalue weighted by atomic mass is 10.2. The quantitative estimate of drug-likeness (QED) is 0.730. The lowest BCUT2D eigenvalue weighted by molar-refractivity contribution is -0.141. The molecule has 0 aromatic carbocycles. The number of aryl methyl sites for hydroxylation is 1. The van der Waals surface area contributed by atoms with Crippen LogP contribution >= 0.6 is 0 Å². The van der Waals surface area contributed by atoms with Crippen molar-refractivity contribution >= 4 is 11.9 Å². The molecule has 0 spiro atoms. The van der Waals surface area contributed by atoms with Crippen LogP contribution in [0.15, 0.2) is 22.8 Å². The molecule has 6 nitrogen and oxygen atoms in total. The summed E-state index contributed by atoms with van der Waals surface area (Å²) in [7, 11) is 1.40. The first kappa shape index (κ1) is 15.6. The fourth-order valence-electron chi connectivity index (χ4n) is 2.42. The van der Waals surface area contributed by atoms with E-state index in [1.54, 1.807) is 6.26 Å². The molecule has 0 atom stereocenters. The van der Waals surface area contributed by atoms with E-state index < -0.39 is 0 Å². The Bertz CT molecular complexity index is 450. The summed E-state index contributed by atoms with van der Waals surface area (Å²) in [6, 6.07) is 3.72. The summed E-state index contributed by atoms with van der Waals surface area (Å²) >= 11 is 0. The van der Waals surface area contributed by atoms with Crippen LogP contribution in [-0.4, -0.2) is 61.5 Å². The van der Waals surface area contributed by atoms with Crippen molar-refractivity contribution in [1.29, 1.82) is 0 Å². The molecule has 1 aliphatic heterocycles. The topological polar surface area (TPSA) is 63.0 Å². The Morgan fingerprint density at radius 3 is 2.62 bits per heavy atom. The number of ether oxygens (including phenoxy) is 1. The van der Waals surface area contributed by atoms with Gasteiger partial charge in [-0.05, 0) is 12.1 Å². The van der Waals surface area contributed by atoms with Gasteiger partial charge < -0.3 is 14.1 Å². The summed E-state index contributed by atoms with van der Waals surface area (Å²) in [6.45, 7) is 3.75. The summed E-state index contributed by atoms with van der Waals surface area (Å²) in [5.41, 5.74) is 0. The first-order valence-electron chi connectivity index (χ1n) is 7.28. The molecule has 116 valence electrons. The third kappa shape index (κ3) is 4.90. The van der Waals surface area contributed by atoms with Crippen molar-refractivity contribution in [2.75, 3.05) is 39.8 Å². The number of piperazine rings is 1. The number of rotatable bonds is 6. The lowest BCUT2D eigenvalue weighted by Crippen LogP contribution is -2.49. The monoisotopic (exact) mass is 294 g/mol. The second-order valence-electron chi connectivity index (χ2n) is 5.13. The van der Waals surface area contributed by atoms with Gasteiger partial charge in [0.05, 0.1) is 19.8 Å². The van der Waals surface area contributed by atoms with Gasteiger partial charge in [0.15, 0.2) is 0 Å². The van der Waals surface area contributed by atoms with Crippen molar-refractivity contribution in [1.82, 2.24) is 9.80 Å². The zero-order chi connectivity index (χ0) is 15.1. The summed E-state index contributed by atoms with van der Waals surface area (Å²) in [5.74, 6) is 0.825. The predicted molar refractivity (Wildman–Crippen MR) is 76.7 cm³/mol. The molecule has 1 aromatic rings. The molecule has 0 saturated carbocycles. The Morgan fingerprint density at radius 1 is 1.24 bits per heavy atom. The summed E-state index contributed by atoms with van der Waals surface area (Å²) in [5, 5.41) is 0. The van der Waals surface area contributed by atoms with Crippen molar-refractivity contribution in [3.8, 4) is 0 Å². The van der Waals surface area contributed by atoms with Crippen LogP contribution < -0.4 is 0 Å². The van der Waals surface area contributed by atoms with E-state index in [2.05, 4.69) is 9.64 Å². The Kier molecular flexibility index (Phi) is 5.80. The van der Waals surface area contributed by atoms with E-state index in [9.17, 15) is 9.59 Å². The highest BCUT2D eigenvalue weighted by Gasteiger charge is 2.21. The molecule has 2 rings (SSSR count). The summed E-state index contributed by atoms with van der Waals surface area (Å²) in [6.07, 6.45) is 3.16. The smallest absolute Gasteiger partial charge is 0.306 e. The molecule has 1 saturated heterocycles.